The summed E-state index contributed by atoms with van der Waals surface area (Å²) in [7, 11) is 0. The summed E-state index contributed by atoms with van der Waals surface area (Å²) in [5.74, 6) is -0.183. The minimum absolute atomic E-state index is 0.0911. The molecule has 124 valence electrons. The Kier molecular flexibility index (Phi) is 4.46. The van der Waals surface area contributed by atoms with Gasteiger partial charge < -0.3 is 9.80 Å². The number of nitrogens with one attached hydrogen (secondary N) is 1. The lowest BCUT2D eigenvalue weighted by atomic mass is 10.1. The van der Waals surface area contributed by atoms with Gasteiger partial charge in [0, 0.05) is 31.7 Å². The standard InChI is InChI=1S/C18H20N4O2/c1-3-17(23)21-8-10-22(11-9-21)18(24)16-12-15(19-20-16)14-6-4-13(2)5-7-14/h3-7,12H,1,8-11H2,2H3,(H,19,20). The molecule has 1 aliphatic rings. The van der Waals surface area contributed by atoms with Crippen LogP contribution in [0.4, 0.5) is 0 Å². The molecule has 6 nitrogen and oxygen atoms in total. The molecule has 3 rings (SSSR count). The maximum absolute atomic E-state index is 12.6. The molecule has 1 aromatic carbocycles. The van der Waals surface area contributed by atoms with Crippen molar-refractivity contribution in [3.05, 3.63) is 54.2 Å². The second-order valence-corrected chi connectivity index (χ2v) is 5.85. The van der Waals surface area contributed by atoms with Crippen LogP contribution in [0.5, 0.6) is 0 Å². The molecule has 0 spiro atoms. The molecule has 1 aromatic heterocycles. The van der Waals surface area contributed by atoms with E-state index in [1.807, 2.05) is 31.2 Å². The SMILES string of the molecule is C=CC(=O)N1CCN(C(=O)c2cc(-c3ccc(C)cc3)n[nH]2)CC1. The summed E-state index contributed by atoms with van der Waals surface area (Å²) in [6, 6.07) is 9.77. The van der Waals surface area contributed by atoms with E-state index in [9.17, 15) is 9.59 Å². The fraction of sp³-hybridized carbons (Fsp3) is 0.278. The van der Waals surface area contributed by atoms with Gasteiger partial charge >= 0.3 is 0 Å². The number of aromatic nitrogens is 2. The van der Waals surface area contributed by atoms with Gasteiger partial charge in [-0.3, -0.25) is 14.7 Å². The lowest BCUT2D eigenvalue weighted by molar-refractivity contribution is -0.127. The molecule has 24 heavy (non-hydrogen) atoms. The van der Waals surface area contributed by atoms with E-state index >= 15 is 0 Å². The predicted octanol–water partition coefficient (Wildman–Crippen LogP) is 1.86. The van der Waals surface area contributed by atoms with E-state index in [1.165, 1.54) is 11.6 Å². The molecular formula is C18H20N4O2. The van der Waals surface area contributed by atoms with Crippen LogP contribution in [0.25, 0.3) is 11.3 Å². The Morgan fingerprint density at radius 1 is 1.12 bits per heavy atom. The number of carbonyl (C=O) groups excluding carboxylic acids is 2. The highest BCUT2D eigenvalue weighted by Gasteiger charge is 2.24. The van der Waals surface area contributed by atoms with E-state index in [0.29, 0.717) is 31.9 Å². The first-order valence-electron chi connectivity index (χ1n) is 7.91. The zero-order valence-electron chi connectivity index (χ0n) is 13.7. The van der Waals surface area contributed by atoms with Crippen LogP contribution in [0.2, 0.25) is 0 Å². The third-order valence-electron chi connectivity index (χ3n) is 4.21. The zero-order valence-corrected chi connectivity index (χ0v) is 13.7. The van der Waals surface area contributed by atoms with Crippen molar-refractivity contribution >= 4 is 11.8 Å². The molecule has 1 fully saturated rings. The molecule has 6 heteroatoms. The molecule has 0 radical (unpaired) electrons. The van der Waals surface area contributed by atoms with Gasteiger partial charge in [-0.2, -0.15) is 5.10 Å². The number of hydrogen-bond acceptors (Lipinski definition) is 3. The quantitative estimate of drug-likeness (QED) is 0.876. The number of piperazine rings is 1. The fourth-order valence-electron chi connectivity index (χ4n) is 2.73. The number of aryl methyl sites for hydroxylation is 1. The lowest BCUT2D eigenvalue weighted by Crippen LogP contribution is -2.50. The topological polar surface area (TPSA) is 69.3 Å². The monoisotopic (exact) mass is 324 g/mol. The van der Waals surface area contributed by atoms with Gasteiger partial charge in [-0.15, -0.1) is 0 Å². The molecule has 0 saturated carbocycles. The van der Waals surface area contributed by atoms with Crippen LogP contribution in [0.15, 0.2) is 43.0 Å². The smallest absolute Gasteiger partial charge is 0.272 e. The first-order valence-corrected chi connectivity index (χ1v) is 7.91. The van der Waals surface area contributed by atoms with Crippen LogP contribution >= 0.6 is 0 Å². The highest BCUT2D eigenvalue weighted by molar-refractivity contribution is 5.94. The summed E-state index contributed by atoms with van der Waals surface area (Å²) in [5.41, 5.74) is 3.36. The summed E-state index contributed by atoms with van der Waals surface area (Å²) < 4.78 is 0. The van der Waals surface area contributed by atoms with Crippen LogP contribution in [0.1, 0.15) is 16.1 Å². The summed E-state index contributed by atoms with van der Waals surface area (Å²) in [5, 5.41) is 7.06. The van der Waals surface area contributed by atoms with Crippen LogP contribution in [0.3, 0.4) is 0 Å². The number of amides is 2. The molecule has 0 bridgehead atoms. The number of hydrogen-bond donors (Lipinski definition) is 1. The van der Waals surface area contributed by atoms with Gasteiger partial charge in [-0.05, 0) is 19.1 Å². The van der Waals surface area contributed by atoms with Crippen LogP contribution in [-0.2, 0) is 4.79 Å². The Bertz CT molecular complexity index is 756. The summed E-state index contributed by atoms with van der Waals surface area (Å²) >= 11 is 0. The van der Waals surface area contributed by atoms with Crippen molar-refractivity contribution in [3.8, 4) is 11.3 Å². The first kappa shape index (κ1) is 16.0. The molecule has 0 aliphatic carbocycles. The zero-order chi connectivity index (χ0) is 17.1. The molecule has 2 amide bonds. The van der Waals surface area contributed by atoms with Gasteiger partial charge in [-0.25, -0.2) is 0 Å². The predicted molar refractivity (Wildman–Crippen MR) is 91.4 cm³/mol. The Morgan fingerprint density at radius 2 is 1.75 bits per heavy atom. The van der Waals surface area contributed by atoms with Gasteiger partial charge in [0.05, 0.1) is 5.69 Å². The second-order valence-electron chi connectivity index (χ2n) is 5.85. The summed E-state index contributed by atoms with van der Waals surface area (Å²) in [6.45, 7) is 7.59. The number of H-pyrrole nitrogens is 1. The van der Waals surface area contributed by atoms with Crippen molar-refractivity contribution in [2.24, 2.45) is 0 Å². The van der Waals surface area contributed by atoms with E-state index in [-0.39, 0.29) is 11.8 Å². The van der Waals surface area contributed by atoms with Crippen LogP contribution in [0, 0.1) is 6.92 Å². The minimum Gasteiger partial charge on any atom is -0.336 e. The molecule has 0 unspecified atom stereocenters. The van der Waals surface area contributed by atoms with Crippen molar-refractivity contribution < 1.29 is 9.59 Å². The largest absolute Gasteiger partial charge is 0.336 e. The van der Waals surface area contributed by atoms with Crippen molar-refractivity contribution in [2.75, 3.05) is 26.2 Å². The van der Waals surface area contributed by atoms with E-state index in [2.05, 4.69) is 16.8 Å². The third-order valence-corrected chi connectivity index (χ3v) is 4.21. The van der Waals surface area contributed by atoms with Crippen molar-refractivity contribution in [3.63, 3.8) is 0 Å². The van der Waals surface area contributed by atoms with E-state index in [1.54, 1.807) is 15.9 Å². The minimum atomic E-state index is -0.0923. The number of benzene rings is 1. The van der Waals surface area contributed by atoms with Crippen molar-refractivity contribution in [2.45, 2.75) is 6.92 Å². The van der Waals surface area contributed by atoms with Gasteiger partial charge in [0.2, 0.25) is 5.91 Å². The summed E-state index contributed by atoms with van der Waals surface area (Å²) in [4.78, 5) is 27.6. The Labute approximate surface area is 140 Å². The Balaban J connectivity index is 1.67. The number of rotatable bonds is 3. The van der Waals surface area contributed by atoms with Crippen molar-refractivity contribution in [1.29, 1.82) is 0 Å². The molecule has 2 aromatic rings. The lowest BCUT2D eigenvalue weighted by Gasteiger charge is -2.33. The second kappa shape index (κ2) is 6.70. The highest BCUT2D eigenvalue weighted by Crippen LogP contribution is 2.19. The van der Waals surface area contributed by atoms with Gasteiger partial charge in [0.25, 0.3) is 5.91 Å². The summed E-state index contributed by atoms with van der Waals surface area (Å²) in [6.07, 6.45) is 1.31. The van der Waals surface area contributed by atoms with E-state index in [0.717, 1.165) is 11.3 Å². The number of carbonyl (C=O) groups is 2. The van der Waals surface area contributed by atoms with Crippen molar-refractivity contribution in [1.82, 2.24) is 20.0 Å². The molecule has 0 atom stereocenters. The molecule has 2 heterocycles. The average Bonchev–Trinajstić information content (AvgIpc) is 3.11. The third kappa shape index (κ3) is 3.22. The Morgan fingerprint density at radius 3 is 2.38 bits per heavy atom. The molecular weight excluding hydrogens is 304 g/mol. The number of aromatic amines is 1. The normalized spacial score (nSPS) is 14.5. The van der Waals surface area contributed by atoms with E-state index in [4.69, 9.17) is 0 Å². The maximum Gasteiger partial charge on any atom is 0.272 e. The average molecular weight is 324 g/mol. The highest BCUT2D eigenvalue weighted by atomic mass is 16.2. The van der Waals surface area contributed by atoms with Gasteiger partial charge in [0.1, 0.15) is 5.69 Å². The van der Waals surface area contributed by atoms with Gasteiger partial charge in [0.15, 0.2) is 0 Å². The molecule has 1 saturated heterocycles. The number of nitrogens with zero attached hydrogens (tertiary/aromatic N) is 3. The van der Waals surface area contributed by atoms with E-state index < -0.39 is 0 Å². The maximum atomic E-state index is 12.6. The molecule has 1 aliphatic heterocycles. The fourth-order valence-corrected chi connectivity index (χ4v) is 2.73. The van der Waals surface area contributed by atoms with Crippen LogP contribution < -0.4 is 0 Å². The van der Waals surface area contributed by atoms with Crippen LogP contribution in [-0.4, -0.2) is 58.0 Å². The first-order chi connectivity index (χ1) is 11.6. The Hall–Kier alpha value is -2.89. The molecule has 1 N–H and O–H groups in total. The van der Waals surface area contributed by atoms with Gasteiger partial charge in [-0.1, -0.05) is 36.4 Å².